The van der Waals surface area contributed by atoms with Crippen molar-refractivity contribution < 1.29 is 4.74 Å². The number of hydrogen-bond donors (Lipinski definition) is 1. The van der Waals surface area contributed by atoms with Crippen LogP contribution in [0.1, 0.15) is 9.88 Å². The minimum Gasteiger partial charge on any atom is -0.479 e. The van der Waals surface area contributed by atoms with Gasteiger partial charge in [0.05, 0.1) is 13.7 Å². The number of methoxy groups -OCH3 is 1. The molecule has 0 atom stereocenters. The molecular weight excluding hydrogens is 282 g/mol. The highest BCUT2D eigenvalue weighted by molar-refractivity contribution is 7.71. The van der Waals surface area contributed by atoms with E-state index in [2.05, 4.69) is 19.9 Å². The summed E-state index contributed by atoms with van der Waals surface area (Å²) in [4.78, 5) is 16.9. The third-order valence-electron chi connectivity index (χ3n) is 2.68. The first-order chi connectivity index (χ1) is 9.19. The quantitative estimate of drug-likeness (QED) is 0.750. The van der Waals surface area contributed by atoms with E-state index < -0.39 is 0 Å². The number of rotatable bonds is 3. The van der Waals surface area contributed by atoms with Gasteiger partial charge in [-0.3, -0.25) is 4.57 Å². The van der Waals surface area contributed by atoms with Crippen molar-refractivity contribution in [2.24, 2.45) is 0 Å². The van der Waals surface area contributed by atoms with Gasteiger partial charge < -0.3 is 9.72 Å². The van der Waals surface area contributed by atoms with Crippen molar-refractivity contribution in [1.29, 1.82) is 0 Å². The molecule has 0 aliphatic rings. The SMILES string of the molecule is COc1ncnc2c1[nH]c(=S)n2Cc1ncc(C)s1. The number of aryl methyl sites for hydroxylation is 1. The molecular formula is C11H11N5OS2. The van der Waals surface area contributed by atoms with Crippen LogP contribution >= 0.6 is 23.6 Å². The van der Waals surface area contributed by atoms with Crippen molar-refractivity contribution in [2.45, 2.75) is 13.5 Å². The molecule has 0 aromatic carbocycles. The second-order valence-corrected chi connectivity index (χ2v) is 5.67. The highest BCUT2D eigenvalue weighted by Crippen LogP contribution is 2.21. The van der Waals surface area contributed by atoms with Crippen LogP contribution < -0.4 is 4.74 Å². The first-order valence-electron chi connectivity index (χ1n) is 5.58. The van der Waals surface area contributed by atoms with Gasteiger partial charge in [-0.25, -0.2) is 9.97 Å². The predicted molar refractivity (Wildman–Crippen MR) is 75.2 cm³/mol. The lowest BCUT2D eigenvalue weighted by molar-refractivity contribution is 0.401. The Hall–Kier alpha value is -1.80. The van der Waals surface area contributed by atoms with Crippen LogP contribution in [0.4, 0.5) is 0 Å². The molecule has 3 aromatic heterocycles. The summed E-state index contributed by atoms with van der Waals surface area (Å²) in [6, 6.07) is 0. The van der Waals surface area contributed by atoms with Crippen LogP contribution in [0.3, 0.4) is 0 Å². The zero-order valence-electron chi connectivity index (χ0n) is 10.4. The molecule has 1 N–H and O–H groups in total. The van der Waals surface area contributed by atoms with Gasteiger partial charge in [0.25, 0.3) is 0 Å². The highest BCUT2D eigenvalue weighted by atomic mass is 32.1. The molecule has 3 heterocycles. The van der Waals surface area contributed by atoms with Crippen molar-refractivity contribution in [3.8, 4) is 5.88 Å². The average molecular weight is 293 g/mol. The normalized spacial score (nSPS) is 11.1. The third kappa shape index (κ3) is 2.13. The molecule has 0 saturated heterocycles. The number of ether oxygens (including phenoxy) is 1. The number of hydrogen-bond acceptors (Lipinski definition) is 6. The second-order valence-electron chi connectivity index (χ2n) is 3.96. The second kappa shape index (κ2) is 4.71. The standard InChI is InChI=1S/C11H11N5OS2/c1-6-3-12-7(19-6)4-16-9-8(15-11(16)18)10(17-2)14-5-13-9/h3,5H,4H2,1-2H3,(H,15,18). The Balaban J connectivity index is 2.13. The number of thiazole rings is 1. The summed E-state index contributed by atoms with van der Waals surface area (Å²) in [6.07, 6.45) is 3.32. The fourth-order valence-corrected chi connectivity index (χ4v) is 2.89. The first-order valence-corrected chi connectivity index (χ1v) is 6.80. The van der Waals surface area contributed by atoms with Gasteiger partial charge >= 0.3 is 0 Å². The lowest BCUT2D eigenvalue weighted by atomic mass is 10.5. The van der Waals surface area contributed by atoms with Crippen LogP contribution in [0.2, 0.25) is 0 Å². The fraction of sp³-hybridized carbons (Fsp3) is 0.273. The monoisotopic (exact) mass is 293 g/mol. The van der Waals surface area contributed by atoms with E-state index in [0.29, 0.717) is 22.7 Å². The molecule has 98 valence electrons. The first kappa shape index (κ1) is 12.2. The Morgan fingerprint density at radius 2 is 2.26 bits per heavy atom. The number of imidazole rings is 1. The van der Waals surface area contributed by atoms with Gasteiger partial charge in [-0.05, 0) is 19.1 Å². The van der Waals surface area contributed by atoms with Gasteiger partial charge in [-0.1, -0.05) is 0 Å². The predicted octanol–water partition coefficient (Wildman–Crippen LogP) is 2.31. The Morgan fingerprint density at radius 3 is 2.95 bits per heavy atom. The summed E-state index contributed by atoms with van der Waals surface area (Å²) in [5.41, 5.74) is 1.44. The number of H-pyrrole nitrogens is 1. The Bertz CT molecular complexity index is 788. The highest BCUT2D eigenvalue weighted by Gasteiger charge is 2.12. The maximum absolute atomic E-state index is 5.33. The van der Waals surface area contributed by atoms with E-state index in [1.165, 1.54) is 11.2 Å². The van der Waals surface area contributed by atoms with Crippen molar-refractivity contribution in [2.75, 3.05) is 7.11 Å². The van der Waals surface area contributed by atoms with E-state index in [-0.39, 0.29) is 0 Å². The van der Waals surface area contributed by atoms with E-state index >= 15 is 0 Å². The maximum atomic E-state index is 5.33. The lowest BCUT2D eigenvalue weighted by Gasteiger charge is -2.01. The molecule has 0 bridgehead atoms. The summed E-state index contributed by atoms with van der Waals surface area (Å²) in [5.74, 6) is 0.491. The number of aromatic amines is 1. The van der Waals surface area contributed by atoms with Gasteiger partial charge in [0.15, 0.2) is 10.4 Å². The molecule has 0 radical (unpaired) electrons. The van der Waals surface area contributed by atoms with E-state index in [1.54, 1.807) is 18.4 Å². The zero-order chi connectivity index (χ0) is 13.4. The van der Waals surface area contributed by atoms with Gasteiger partial charge in [-0.2, -0.15) is 4.98 Å². The summed E-state index contributed by atoms with van der Waals surface area (Å²) < 4.78 is 7.68. The van der Waals surface area contributed by atoms with Crippen LogP contribution in [-0.2, 0) is 6.54 Å². The van der Waals surface area contributed by atoms with Crippen LogP contribution in [0.15, 0.2) is 12.5 Å². The Kier molecular flexibility index (Phi) is 3.03. The summed E-state index contributed by atoms with van der Waals surface area (Å²) in [5, 5.41) is 0.993. The number of nitrogens with one attached hydrogen (secondary N) is 1. The Labute approximate surface area is 118 Å². The van der Waals surface area contributed by atoms with E-state index in [9.17, 15) is 0 Å². The number of fused-ring (bicyclic) bond motifs is 1. The lowest BCUT2D eigenvalue weighted by Crippen LogP contribution is -2.00. The van der Waals surface area contributed by atoms with Crippen LogP contribution in [0, 0.1) is 11.7 Å². The van der Waals surface area contributed by atoms with Crippen LogP contribution in [0.5, 0.6) is 5.88 Å². The molecule has 0 aliphatic heterocycles. The summed E-state index contributed by atoms with van der Waals surface area (Å²) in [7, 11) is 1.57. The smallest absolute Gasteiger partial charge is 0.242 e. The van der Waals surface area contributed by atoms with Crippen molar-refractivity contribution in [3.05, 3.63) is 27.2 Å². The third-order valence-corrected chi connectivity index (χ3v) is 3.90. The molecule has 0 spiro atoms. The minimum absolute atomic E-state index is 0.491. The number of aromatic nitrogens is 5. The Morgan fingerprint density at radius 1 is 1.42 bits per heavy atom. The van der Waals surface area contributed by atoms with Gasteiger partial charge in [0.1, 0.15) is 16.9 Å². The van der Waals surface area contributed by atoms with Crippen molar-refractivity contribution in [3.63, 3.8) is 0 Å². The van der Waals surface area contributed by atoms with Crippen molar-refractivity contribution in [1.82, 2.24) is 24.5 Å². The summed E-state index contributed by atoms with van der Waals surface area (Å²) in [6.45, 7) is 2.62. The van der Waals surface area contributed by atoms with Gasteiger partial charge in [0, 0.05) is 11.1 Å². The minimum atomic E-state index is 0.491. The van der Waals surface area contributed by atoms with Crippen LogP contribution in [-0.4, -0.2) is 31.6 Å². The molecule has 0 saturated carbocycles. The van der Waals surface area contributed by atoms with E-state index in [1.807, 2.05) is 17.7 Å². The van der Waals surface area contributed by atoms with E-state index in [4.69, 9.17) is 17.0 Å². The molecule has 0 aliphatic carbocycles. The average Bonchev–Trinajstić information content (AvgIpc) is 2.94. The zero-order valence-corrected chi connectivity index (χ0v) is 12.0. The van der Waals surface area contributed by atoms with Crippen molar-refractivity contribution >= 4 is 34.7 Å². The maximum Gasteiger partial charge on any atom is 0.242 e. The fourth-order valence-electron chi connectivity index (χ4n) is 1.86. The number of nitrogens with zero attached hydrogens (tertiary/aromatic N) is 4. The molecule has 0 amide bonds. The molecule has 8 heteroatoms. The van der Waals surface area contributed by atoms with Crippen LogP contribution in [0.25, 0.3) is 11.2 Å². The molecule has 3 aromatic rings. The molecule has 0 fully saturated rings. The topological polar surface area (TPSA) is 68.6 Å². The molecule has 0 unspecified atom stereocenters. The van der Waals surface area contributed by atoms with E-state index in [0.717, 1.165) is 10.7 Å². The van der Waals surface area contributed by atoms with Gasteiger partial charge in [0.2, 0.25) is 5.88 Å². The molecule has 6 nitrogen and oxygen atoms in total. The molecule has 3 rings (SSSR count). The summed E-state index contributed by atoms with van der Waals surface area (Å²) >= 11 is 6.97. The largest absolute Gasteiger partial charge is 0.479 e. The molecule has 19 heavy (non-hydrogen) atoms. The van der Waals surface area contributed by atoms with Gasteiger partial charge in [-0.15, -0.1) is 11.3 Å².